The number of methoxy groups -OCH3 is 3. The van der Waals surface area contributed by atoms with E-state index in [0.717, 1.165) is 5.57 Å². The lowest BCUT2D eigenvalue weighted by atomic mass is 9.78. The second-order valence-corrected chi connectivity index (χ2v) is 19.6. The highest BCUT2D eigenvalue weighted by Gasteiger charge is 2.53. The Hall–Kier alpha value is -3.40. The summed E-state index contributed by atoms with van der Waals surface area (Å²) in [4.78, 5) is 71.6. The van der Waals surface area contributed by atoms with E-state index in [1.54, 1.807) is 41.9 Å². The van der Waals surface area contributed by atoms with Crippen LogP contribution >= 0.6 is 0 Å². The van der Waals surface area contributed by atoms with Crippen LogP contribution in [0.1, 0.15) is 126 Å². The summed E-state index contributed by atoms with van der Waals surface area (Å²) in [5, 5.41) is 22.4. The molecule has 1 amide bonds. The number of halogens is 1. The third-order valence-corrected chi connectivity index (χ3v) is 14.4. The van der Waals surface area contributed by atoms with Gasteiger partial charge in [-0.1, -0.05) is 71.1 Å². The van der Waals surface area contributed by atoms with Crippen molar-refractivity contribution in [2.24, 2.45) is 35.5 Å². The van der Waals surface area contributed by atoms with Gasteiger partial charge in [0.15, 0.2) is 11.6 Å². The predicted molar refractivity (Wildman–Crippen MR) is 244 cm³/mol. The Labute approximate surface area is 386 Å². The molecular weight excluding hydrogens is 838 g/mol. The summed E-state index contributed by atoms with van der Waals surface area (Å²) in [5.74, 6) is -8.56. The molecule has 3 aliphatic heterocycles. The van der Waals surface area contributed by atoms with Crippen LogP contribution in [0.4, 0.5) is 4.39 Å². The van der Waals surface area contributed by atoms with Gasteiger partial charge in [0.25, 0.3) is 11.7 Å². The first-order chi connectivity index (χ1) is 30.7. The Morgan fingerprint density at radius 2 is 1.62 bits per heavy atom. The Bertz CT molecular complexity index is 1760. The summed E-state index contributed by atoms with van der Waals surface area (Å²) >= 11 is 0. The molecule has 0 aromatic carbocycles. The van der Waals surface area contributed by atoms with E-state index >= 15 is 4.39 Å². The van der Waals surface area contributed by atoms with Gasteiger partial charge in [-0.25, -0.2) is 9.18 Å². The van der Waals surface area contributed by atoms with E-state index in [-0.39, 0.29) is 60.4 Å². The first-order valence-corrected chi connectivity index (χ1v) is 23.9. The first-order valence-electron chi connectivity index (χ1n) is 23.9. The van der Waals surface area contributed by atoms with Crippen LogP contribution in [0.3, 0.4) is 0 Å². The van der Waals surface area contributed by atoms with Crippen molar-refractivity contribution >= 4 is 29.2 Å². The molecule has 3 unspecified atom stereocenters. The van der Waals surface area contributed by atoms with Gasteiger partial charge < -0.3 is 38.8 Å². The highest BCUT2D eigenvalue weighted by molar-refractivity contribution is 6.39. The number of alkyl halides is 1. The molecule has 0 radical (unpaired) electrons. The van der Waals surface area contributed by atoms with Crippen molar-refractivity contribution in [2.45, 2.75) is 180 Å². The van der Waals surface area contributed by atoms with Crippen molar-refractivity contribution in [3.05, 3.63) is 47.6 Å². The van der Waals surface area contributed by atoms with Gasteiger partial charge in [-0.15, -0.1) is 0 Å². The number of Topliss-reactive ketones (excluding diaryl/α,β-unsaturated/α-hetero) is 3. The second kappa shape index (κ2) is 25.1. The normalized spacial score (nSPS) is 37.8. The number of hydrogen-bond acceptors (Lipinski definition) is 12. The molecule has 65 heavy (non-hydrogen) atoms. The summed E-state index contributed by atoms with van der Waals surface area (Å²) in [7, 11) is 4.43. The number of aliphatic hydroxyl groups excluding tert-OH is 1. The topological polar surface area (TPSA) is 175 Å². The number of esters is 1. The minimum atomic E-state index is -2.44. The number of nitrogens with zero attached hydrogens (tertiary/aromatic N) is 1. The van der Waals surface area contributed by atoms with Crippen LogP contribution in [-0.2, 0) is 47.7 Å². The van der Waals surface area contributed by atoms with Crippen molar-refractivity contribution in [1.82, 2.24) is 4.90 Å². The van der Waals surface area contributed by atoms with Crippen LogP contribution in [0.15, 0.2) is 47.6 Å². The van der Waals surface area contributed by atoms with E-state index < -0.39 is 83.9 Å². The lowest BCUT2D eigenvalue weighted by Crippen LogP contribution is -2.61. The van der Waals surface area contributed by atoms with E-state index in [0.29, 0.717) is 64.2 Å². The van der Waals surface area contributed by atoms with Gasteiger partial charge in [-0.3, -0.25) is 19.2 Å². The van der Waals surface area contributed by atoms with E-state index in [9.17, 15) is 34.2 Å². The Morgan fingerprint density at radius 3 is 2.29 bits per heavy atom. The van der Waals surface area contributed by atoms with Crippen LogP contribution in [0.2, 0.25) is 0 Å². The summed E-state index contributed by atoms with van der Waals surface area (Å²) in [6.07, 6.45) is 9.99. The summed E-state index contributed by atoms with van der Waals surface area (Å²) < 4.78 is 45.4. The SMILES string of the molecule is CO[C@H]1C[C@@H]2CC[C@@H](C)[C@@](O)(O2)C(=O)C(=O)N2CCCCC2C(=O)O[C@H]([C@H](C)CC2CC[C@@H](O)[C@H](OC)C2)CC(=O)C(C)=CC(C)[C@@H](F)[C@@H](OC)C(=O)[C@H](C)C[C@H](C)C=CC=CC=C1C. The molecule has 1 saturated carbocycles. The van der Waals surface area contributed by atoms with Gasteiger partial charge >= 0.3 is 5.97 Å². The number of amides is 1. The number of carbonyl (C=O) groups is 5. The Kier molecular flexibility index (Phi) is 20.9. The molecule has 13 nitrogen and oxygen atoms in total. The molecule has 366 valence electrons. The maximum Gasteiger partial charge on any atom is 0.329 e. The molecule has 0 spiro atoms. The monoisotopic (exact) mass is 916 g/mol. The standard InChI is InChI=1S/C51H78FNO12/c1-30-16-12-11-13-17-31(2)42(61-8)28-38-21-19-36(7)51(60,65-38)48(57)49(58)53-23-15-14-18-39(53)50(59)64-43(33(4)26-37-20-22-40(54)44(27-37)62-9)29-41(55)32(3)25-34(5)45(52)47(63-10)46(56)35(6)24-30/h11-13,16-17,25,30,33-40,42-45,47,54,60H,14-15,18-24,26-29H2,1-10H3/t30-,33-,34?,35-,36-,37?,38+,39?,40-,42+,43+,44-,45-,47-,51-/m1/s1. The number of ketones is 3. The smallest absolute Gasteiger partial charge is 0.329 e. The summed E-state index contributed by atoms with van der Waals surface area (Å²) in [6, 6.07) is -1.16. The van der Waals surface area contributed by atoms with Crippen molar-refractivity contribution < 1.29 is 62.3 Å². The van der Waals surface area contributed by atoms with E-state index in [4.69, 9.17) is 23.7 Å². The zero-order valence-electron chi connectivity index (χ0n) is 40.5. The zero-order chi connectivity index (χ0) is 48.2. The highest BCUT2D eigenvalue weighted by atomic mass is 19.1. The number of aliphatic hydroxyl groups is 2. The lowest BCUT2D eigenvalue weighted by Gasteiger charge is -2.42. The fourth-order valence-corrected chi connectivity index (χ4v) is 10.1. The zero-order valence-corrected chi connectivity index (χ0v) is 40.5. The van der Waals surface area contributed by atoms with Gasteiger partial charge in [-0.2, -0.15) is 0 Å². The number of allylic oxidation sites excluding steroid dienone is 7. The first kappa shape index (κ1) is 54.2. The summed E-state index contributed by atoms with van der Waals surface area (Å²) in [5.41, 5.74) is 1.10. The van der Waals surface area contributed by atoms with E-state index in [1.807, 2.05) is 51.2 Å². The summed E-state index contributed by atoms with van der Waals surface area (Å²) in [6.45, 7) is 12.4. The van der Waals surface area contributed by atoms with Gasteiger partial charge in [0.2, 0.25) is 5.79 Å². The van der Waals surface area contributed by atoms with Crippen LogP contribution in [0, 0.1) is 35.5 Å². The second-order valence-electron chi connectivity index (χ2n) is 19.6. The Morgan fingerprint density at radius 1 is 0.892 bits per heavy atom. The average molecular weight is 916 g/mol. The fraction of sp³-hybridized carbons (Fsp3) is 0.745. The molecule has 0 aromatic heterocycles. The van der Waals surface area contributed by atoms with E-state index in [2.05, 4.69) is 0 Å². The van der Waals surface area contributed by atoms with Crippen LogP contribution < -0.4 is 0 Å². The number of carbonyl (C=O) groups excluding carboxylic acids is 5. The molecule has 3 heterocycles. The van der Waals surface area contributed by atoms with E-state index in [1.165, 1.54) is 18.1 Å². The van der Waals surface area contributed by atoms with Gasteiger partial charge in [0, 0.05) is 58.5 Å². The molecule has 4 aliphatic rings. The number of piperidine rings is 1. The van der Waals surface area contributed by atoms with Crippen molar-refractivity contribution in [1.29, 1.82) is 0 Å². The molecule has 15 atom stereocenters. The number of hydrogen-bond donors (Lipinski definition) is 2. The molecule has 4 rings (SSSR count). The Balaban J connectivity index is 1.70. The maximum atomic E-state index is 16.2. The van der Waals surface area contributed by atoms with Crippen LogP contribution in [-0.4, -0.2) is 127 Å². The fourth-order valence-electron chi connectivity index (χ4n) is 10.1. The number of fused-ring (bicyclic) bond motifs is 3. The van der Waals surface area contributed by atoms with Gasteiger partial charge in [0.05, 0.1) is 24.4 Å². The molecule has 0 aromatic rings. The molecule has 14 heteroatoms. The number of cyclic esters (lactones) is 1. The molecule has 2 saturated heterocycles. The molecule has 1 aliphatic carbocycles. The maximum absolute atomic E-state index is 16.2. The largest absolute Gasteiger partial charge is 0.460 e. The number of ether oxygens (including phenoxy) is 5. The van der Waals surface area contributed by atoms with Crippen LogP contribution in [0.5, 0.6) is 0 Å². The average Bonchev–Trinajstić information content (AvgIpc) is 3.28. The van der Waals surface area contributed by atoms with Crippen LogP contribution in [0.25, 0.3) is 0 Å². The third-order valence-electron chi connectivity index (χ3n) is 14.4. The predicted octanol–water partition coefficient (Wildman–Crippen LogP) is 7.16. The quantitative estimate of drug-likeness (QED) is 0.204. The molecule has 2 bridgehead atoms. The minimum Gasteiger partial charge on any atom is -0.460 e. The highest BCUT2D eigenvalue weighted by Crippen LogP contribution is 2.38. The molecular formula is C51H78FNO12. The number of rotatable bonds is 6. The third kappa shape index (κ3) is 14.3. The van der Waals surface area contributed by atoms with Gasteiger partial charge in [-0.05, 0) is 107 Å². The van der Waals surface area contributed by atoms with Crippen molar-refractivity contribution in [2.75, 3.05) is 27.9 Å². The minimum absolute atomic E-state index is 0.0188. The molecule has 2 N–H and O–H groups in total. The van der Waals surface area contributed by atoms with Crippen molar-refractivity contribution in [3.8, 4) is 0 Å². The van der Waals surface area contributed by atoms with Gasteiger partial charge in [0.1, 0.15) is 24.4 Å². The van der Waals surface area contributed by atoms with Crippen molar-refractivity contribution in [3.63, 3.8) is 0 Å². The molecule has 3 fully saturated rings. The lowest BCUT2D eigenvalue weighted by molar-refractivity contribution is -0.265.